The third-order valence-electron chi connectivity index (χ3n) is 3.62. The summed E-state index contributed by atoms with van der Waals surface area (Å²) in [6, 6.07) is 14.1. The number of aromatic nitrogens is 3. The van der Waals surface area contributed by atoms with Gasteiger partial charge in [0.25, 0.3) is 0 Å². The molecule has 0 atom stereocenters. The molecule has 0 unspecified atom stereocenters. The second-order valence-electron chi connectivity index (χ2n) is 5.26. The Balaban J connectivity index is 1.74. The third-order valence-corrected chi connectivity index (χ3v) is 4.43. The van der Waals surface area contributed by atoms with Crippen LogP contribution in [0.1, 0.15) is 10.4 Å². The minimum atomic E-state index is -0.958. The first-order valence-corrected chi connectivity index (χ1v) is 8.36. The van der Waals surface area contributed by atoms with Gasteiger partial charge in [0.1, 0.15) is 10.5 Å². The van der Waals surface area contributed by atoms with Gasteiger partial charge >= 0.3 is 5.97 Å². The number of carboxylic acid groups (broad SMARTS) is 1. The molecule has 0 amide bonds. The van der Waals surface area contributed by atoms with E-state index in [1.807, 2.05) is 29.6 Å². The summed E-state index contributed by atoms with van der Waals surface area (Å²) in [7, 11) is 0. The molecule has 1 aromatic carbocycles. The van der Waals surface area contributed by atoms with Gasteiger partial charge in [-0.05, 0) is 47.8 Å². The van der Waals surface area contributed by atoms with E-state index in [1.54, 1.807) is 18.3 Å². The quantitative estimate of drug-likeness (QED) is 0.575. The van der Waals surface area contributed by atoms with E-state index in [4.69, 9.17) is 5.11 Å². The van der Waals surface area contributed by atoms with Crippen molar-refractivity contribution in [3.63, 3.8) is 0 Å². The molecule has 2 N–H and O–H groups in total. The van der Waals surface area contributed by atoms with Crippen LogP contribution in [0.3, 0.4) is 0 Å². The molecule has 0 aliphatic carbocycles. The summed E-state index contributed by atoms with van der Waals surface area (Å²) in [4.78, 5) is 25.3. The molecule has 0 aliphatic heterocycles. The molecule has 7 heteroatoms. The van der Waals surface area contributed by atoms with E-state index >= 15 is 0 Å². The van der Waals surface area contributed by atoms with Crippen LogP contribution in [-0.2, 0) is 0 Å². The monoisotopic (exact) mass is 348 g/mol. The number of carbonyl (C=O) groups is 1. The van der Waals surface area contributed by atoms with Gasteiger partial charge in [-0.2, -0.15) is 0 Å². The number of aromatic carboxylic acids is 1. The molecule has 4 aromatic rings. The van der Waals surface area contributed by atoms with E-state index < -0.39 is 5.97 Å². The maximum atomic E-state index is 10.9. The van der Waals surface area contributed by atoms with Crippen molar-refractivity contribution in [3.8, 4) is 11.4 Å². The summed E-state index contributed by atoms with van der Waals surface area (Å²) in [6.07, 6.45) is 1.73. The van der Waals surface area contributed by atoms with Crippen LogP contribution in [0, 0.1) is 0 Å². The van der Waals surface area contributed by atoms with E-state index in [-0.39, 0.29) is 5.56 Å². The zero-order chi connectivity index (χ0) is 17.2. The maximum Gasteiger partial charge on any atom is 0.335 e. The third kappa shape index (κ3) is 3.05. The van der Waals surface area contributed by atoms with Gasteiger partial charge in [-0.3, -0.25) is 4.98 Å². The standard InChI is InChI=1S/C18H12N4O2S/c23-17(24)11-4-6-12(7-5-11)20-18-21-15(14-3-1-2-9-19-14)13-8-10-25-16(13)22-18/h1-10H,(H,23,24)(H,20,21,22). The molecule has 0 aliphatic rings. The first-order valence-electron chi connectivity index (χ1n) is 7.48. The fraction of sp³-hybridized carbons (Fsp3) is 0. The number of hydrogen-bond acceptors (Lipinski definition) is 6. The van der Waals surface area contributed by atoms with Crippen molar-refractivity contribution in [1.82, 2.24) is 15.0 Å². The molecule has 0 fully saturated rings. The van der Waals surface area contributed by atoms with E-state index in [0.717, 1.165) is 21.6 Å². The summed E-state index contributed by atoms with van der Waals surface area (Å²) >= 11 is 1.53. The van der Waals surface area contributed by atoms with Gasteiger partial charge in [-0.15, -0.1) is 11.3 Å². The number of pyridine rings is 1. The van der Waals surface area contributed by atoms with Crippen LogP contribution in [-0.4, -0.2) is 26.0 Å². The molecule has 0 bridgehead atoms. The van der Waals surface area contributed by atoms with E-state index in [1.165, 1.54) is 23.5 Å². The largest absolute Gasteiger partial charge is 0.478 e. The number of rotatable bonds is 4. The molecule has 4 rings (SSSR count). The lowest BCUT2D eigenvalue weighted by Crippen LogP contribution is -2.00. The van der Waals surface area contributed by atoms with Crippen LogP contribution in [0.5, 0.6) is 0 Å². The first-order chi connectivity index (χ1) is 12.2. The number of nitrogens with one attached hydrogen (secondary N) is 1. The minimum absolute atomic E-state index is 0.231. The number of fused-ring (bicyclic) bond motifs is 1. The van der Waals surface area contributed by atoms with E-state index in [2.05, 4.69) is 20.3 Å². The predicted molar refractivity (Wildman–Crippen MR) is 97.3 cm³/mol. The molecule has 25 heavy (non-hydrogen) atoms. The Morgan fingerprint density at radius 1 is 1.04 bits per heavy atom. The molecule has 3 aromatic heterocycles. The van der Waals surface area contributed by atoms with Gasteiger partial charge in [0, 0.05) is 17.3 Å². The van der Waals surface area contributed by atoms with Crippen molar-refractivity contribution < 1.29 is 9.90 Å². The van der Waals surface area contributed by atoms with Gasteiger partial charge in [0.05, 0.1) is 11.3 Å². The maximum absolute atomic E-state index is 10.9. The van der Waals surface area contributed by atoms with Crippen molar-refractivity contribution >= 4 is 39.2 Å². The van der Waals surface area contributed by atoms with Crippen LogP contribution >= 0.6 is 11.3 Å². The Hall–Kier alpha value is -3.32. The summed E-state index contributed by atoms with van der Waals surface area (Å²) in [5, 5.41) is 15.0. The fourth-order valence-corrected chi connectivity index (χ4v) is 3.20. The van der Waals surface area contributed by atoms with Crippen LogP contribution in [0.2, 0.25) is 0 Å². The number of hydrogen-bond donors (Lipinski definition) is 2. The number of carboxylic acids is 1. The summed E-state index contributed by atoms with van der Waals surface area (Å²) in [5.41, 5.74) is 2.48. The fourth-order valence-electron chi connectivity index (χ4n) is 2.43. The summed E-state index contributed by atoms with van der Waals surface area (Å²) in [5.74, 6) is -0.515. The average Bonchev–Trinajstić information content (AvgIpc) is 3.11. The molecule has 0 radical (unpaired) electrons. The van der Waals surface area contributed by atoms with Gasteiger partial charge in [-0.25, -0.2) is 14.8 Å². The van der Waals surface area contributed by atoms with Crippen molar-refractivity contribution in [2.45, 2.75) is 0 Å². The average molecular weight is 348 g/mol. The number of nitrogens with zero attached hydrogens (tertiary/aromatic N) is 3. The van der Waals surface area contributed by atoms with Crippen LogP contribution in [0.25, 0.3) is 21.6 Å². The molecule has 0 saturated heterocycles. The highest BCUT2D eigenvalue weighted by Crippen LogP contribution is 2.30. The molecule has 122 valence electrons. The topological polar surface area (TPSA) is 88.0 Å². The molecule has 0 saturated carbocycles. The molecule has 6 nitrogen and oxygen atoms in total. The second kappa shape index (κ2) is 6.29. The molecular formula is C18H12N4O2S. The Bertz CT molecular complexity index is 1050. The van der Waals surface area contributed by atoms with Crippen LogP contribution in [0.15, 0.2) is 60.1 Å². The zero-order valence-corrected chi connectivity index (χ0v) is 13.7. The Kier molecular flexibility index (Phi) is 3.83. The lowest BCUT2D eigenvalue weighted by Gasteiger charge is -2.08. The highest BCUT2D eigenvalue weighted by molar-refractivity contribution is 7.16. The number of thiophene rings is 1. The normalized spacial score (nSPS) is 10.7. The Morgan fingerprint density at radius 3 is 2.60 bits per heavy atom. The smallest absolute Gasteiger partial charge is 0.335 e. The highest BCUT2D eigenvalue weighted by Gasteiger charge is 2.12. The van der Waals surface area contributed by atoms with Crippen molar-refractivity contribution in [2.24, 2.45) is 0 Å². The number of benzene rings is 1. The van der Waals surface area contributed by atoms with Crippen LogP contribution in [0.4, 0.5) is 11.6 Å². The lowest BCUT2D eigenvalue weighted by molar-refractivity contribution is 0.0697. The zero-order valence-electron chi connectivity index (χ0n) is 12.9. The SMILES string of the molecule is O=C(O)c1ccc(Nc2nc(-c3ccccn3)c3ccsc3n2)cc1. The first kappa shape index (κ1) is 15.2. The Labute approximate surface area is 146 Å². The van der Waals surface area contributed by atoms with Gasteiger partial charge in [0.15, 0.2) is 0 Å². The second-order valence-corrected chi connectivity index (χ2v) is 6.15. The minimum Gasteiger partial charge on any atom is -0.478 e. The van der Waals surface area contributed by atoms with Crippen LogP contribution < -0.4 is 5.32 Å². The van der Waals surface area contributed by atoms with Crippen molar-refractivity contribution in [3.05, 3.63) is 65.7 Å². The highest BCUT2D eigenvalue weighted by atomic mass is 32.1. The molecule has 0 spiro atoms. The predicted octanol–water partition coefficient (Wildman–Crippen LogP) is 4.20. The van der Waals surface area contributed by atoms with Gasteiger partial charge < -0.3 is 10.4 Å². The Morgan fingerprint density at radius 2 is 1.88 bits per heavy atom. The molecular weight excluding hydrogens is 336 g/mol. The van der Waals surface area contributed by atoms with Crippen molar-refractivity contribution in [1.29, 1.82) is 0 Å². The van der Waals surface area contributed by atoms with Gasteiger partial charge in [-0.1, -0.05) is 6.07 Å². The summed E-state index contributed by atoms with van der Waals surface area (Å²) < 4.78 is 0. The summed E-state index contributed by atoms with van der Waals surface area (Å²) in [6.45, 7) is 0. The van der Waals surface area contributed by atoms with E-state index in [0.29, 0.717) is 11.6 Å². The number of anilines is 2. The van der Waals surface area contributed by atoms with Gasteiger partial charge in [0.2, 0.25) is 5.95 Å². The molecule has 3 heterocycles. The van der Waals surface area contributed by atoms with E-state index in [9.17, 15) is 4.79 Å². The lowest BCUT2D eigenvalue weighted by atomic mass is 10.2. The van der Waals surface area contributed by atoms with Crippen molar-refractivity contribution in [2.75, 3.05) is 5.32 Å².